The molecule has 162 valence electrons. The van der Waals surface area contributed by atoms with E-state index in [0.717, 1.165) is 25.9 Å². The SMILES string of the molecule is C[C@H](Nc1nnc(-c2n[nH]c(C(F)(F)F)c2C2CC2)o1)C(=O)N1CCC2(CC1)CC2. The standard InChI is InChI=1S/C19H23F3N6O2/c1-10(16(29)28-8-6-18(4-5-18)7-9-28)23-17-27-26-15(30-17)13-12(11-2-3-11)14(25-24-13)19(20,21)22/h10-11H,2-9H2,1H3,(H,23,27)(H,24,25)/t10-/m0/s1. The number of carbonyl (C=O) groups is 1. The maximum atomic E-state index is 13.3. The predicted octanol–water partition coefficient (Wildman–Crippen LogP) is 3.56. The van der Waals surface area contributed by atoms with Gasteiger partial charge in [-0.2, -0.15) is 18.3 Å². The van der Waals surface area contributed by atoms with Crippen molar-refractivity contribution in [1.82, 2.24) is 25.3 Å². The number of carbonyl (C=O) groups excluding carboxylic acids is 1. The minimum absolute atomic E-state index is 0.0140. The Balaban J connectivity index is 1.28. The van der Waals surface area contributed by atoms with Crippen molar-refractivity contribution < 1.29 is 22.4 Å². The normalized spacial score (nSPS) is 21.7. The van der Waals surface area contributed by atoms with Crippen LogP contribution in [0.3, 0.4) is 0 Å². The van der Waals surface area contributed by atoms with Gasteiger partial charge in [0.05, 0.1) is 0 Å². The summed E-state index contributed by atoms with van der Waals surface area (Å²) in [6, 6.07) is -0.598. The van der Waals surface area contributed by atoms with Crippen molar-refractivity contribution in [3.05, 3.63) is 11.3 Å². The molecule has 2 saturated carbocycles. The van der Waals surface area contributed by atoms with E-state index in [4.69, 9.17) is 4.42 Å². The van der Waals surface area contributed by atoms with Gasteiger partial charge in [0.1, 0.15) is 11.7 Å². The minimum atomic E-state index is -4.53. The van der Waals surface area contributed by atoms with Crippen LogP contribution in [0.25, 0.3) is 11.6 Å². The summed E-state index contributed by atoms with van der Waals surface area (Å²) in [5.74, 6) is -0.365. The van der Waals surface area contributed by atoms with Gasteiger partial charge in [0, 0.05) is 18.7 Å². The first-order valence-corrected chi connectivity index (χ1v) is 10.3. The highest BCUT2D eigenvalue weighted by Gasteiger charge is 2.46. The van der Waals surface area contributed by atoms with Crippen LogP contribution in [0.1, 0.15) is 62.6 Å². The highest BCUT2D eigenvalue weighted by atomic mass is 19.4. The summed E-state index contributed by atoms with van der Waals surface area (Å²) in [5.41, 5.74) is -0.290. The Hall–Kier alpha value is -2.59. The van der Waals surface area contributed by atoms with Gasteiger partial charge in [-0.3, -0.25) is 9.89 Å². The van der Waals surface area contributed by atoms with Crippen LogP contribution in [0.2, 0.25) is 0 Å². The molecule has 11 heteroatoms. The molecule has 1 amide bonds. The van der Waals surface area contributed by atoms with Gasteiger partial charge in [-0.05, 0) is 56.8 Å². The van der Waals surface area contributed by atoms with E-state index in [9.17, 15) is 18.0 Å². The average Bonchev–Trinajstić information content (AvgIpc) is 3.59. The zero-order chi connectivity index (χ0) is 21.1. The lowest BCUT2D eigenvalue weighted by Crippen LogP contribution is -2.45. The average molecular weight is 424 g/mol. The second-order valence-corrected chi connectivity index (χ2v) is 8.74. The molecule has 8 nitrogen and oxygen atoms in total. The third-order valence-corrected chi connectivity index (χ3v) is 6.50. The maximum absolute atomic E-state index is 13.3. The molecule has 0 aromatic carbocycles. The van der Waals surface area contributed by atoms with E-state index < -0.39 is 17.9 Å². The zero-order valence-electron chi connectivity index (χ0n) is 16.6. The van der Waals surface area contributed by atoms with Crippen molar-refractivity contribution in [2.24, 2.45) is 5.41 Å². The summed E-state index contributed by atoms with van der Waals surface area (Å²) in [4.78, 5) is 14.5. The highest BCUT2D eigenvalue weighted by Crippen LogP contribution is 2.53. The number of anilines is 1. The molecular weight excluding hydrogens is 401 g/mol. The molecular formula is C19H23F3N6O2. The molecule has 0 unspecified atom stereocenters. The Bertz CT molecular complexity index is 950. The first-order chi connectivity index (χ1) is 14.3. The maximum Gasteiger partial charge on any atom is 0.433 e. The summed E-state index contributed by atoms with van der Waals surface area (Å²) in [6.45, 7) is 3.20. The van der Waals surface area contributed by atoms with Crippen molar-refractivity contribution in [3.63, 3.8) is 0 Å². The third-order valence-electron chi connectivity index (χ3n) is 6.50. The highest BCUT2D eigenvalue weighted by molar-refractivity contribution is 5.83. The van der Waals surface area contributed by atoms with Crippen LogP contribution in [-0.2, 0) is 11.0 Å². The number of halogens is 3. The van der Waals surface area contributed by atoms with Crippen molar-refractivity contribution >= 4 is 11.9 Å². The molecule has 2 aromatic heterocycles. The number of nitrogens with one attached hydrogen (secondary N) is 2. The molecule has 1 atom stereocenters. The van der Waals surface area contributed by atoms with Gasteiger partial charge in [-0.15, -0.1) is 5.10 Å². The van der Waals surface area contributed by atoms with Crippen LogP contribution in [0.15, 0.2) is 4.42 Å². The second-order valence-electron chi connectivity index (χ2n) is 8.74. The molecule has 5 rings (SSSR count). The van der Waals surface area contributed by atoms with Crippen LogP contribution in [0.5, 0.6) is 0 Å². The van der Waals surface area contributed by atoms with E-state index in [0.29, 0.717) is 18.3 Å². The molecule has 0 bridgehead atoms. The Morgan fingerprint density at radius 1 is 1.23 bits per heavy atom. The number of likely N-dealkylation sites (tertiary alicyclic amines) is 1. The second kappa shape index (κ2) is 6.71. The molecule has 0 radical (unpaired) electrons. The number of amides is 1. The minimum Gasteiger partial charge on any atom is -0.402 e. The van der Waals surface area contributed by atoms with E-state index in [-0.39, 0.29) is 35.0 Å². The van der Waals surface area contributed by atoms with Gasteiger partial charge in [0.15, 0.2) is 5.69 Å². The largest absolute Gasteiger partial charge is 0.433 e. The third kappa shape index (κ3) is 3.54. The number of aromatic amines is 1. The van der Waals surface area contributed by atoms with Crippen molar-refractivity contribution in [2.75, 3.05) is 18.4 Å². The van der Waals surface area contributed by atoms with Crippen molar-refractivity contribution in [2.45, 2.75) is 63.6 Å². The summed E-state index contributed by atoms with van der Waals surface area (Å²) >= 11 is 0. The molecule has 2 N–H and O–H groups in total. The molecule has 1 aliphatic heterocycles. The summed E-state index contributed by atoms with van der Waals surface area (Å²) in [7, 11) is 0. The summed E-state index contributed by atoms with van der Waals surface area (Å²) in [6.07, 6.45) is 1.41. The van der Waals surface area contributed by atoms with Crippen LogP contribution in [-0.4, -0.2) is 50.3 Å². The molecule has 1 saturated heterocycles. The number of H-pyrrole nitrogens is 1. The number of aromatic nitrogens is 4. The fourth-order valence-electron chi connectivity index (χ4n) is 4.28. The van der Waals surface area contributed by atoms with E-state index in [1.165, 1.54) is 12.8 Å². The Labute approximate surface area is 170 Å². The van der Waals surface area contributed by atoms with Gasteiger partial charge >= 0.3 is 12.2 Å². The predicted molar refractivity (Wildman–Crippen MR) is 99.4 cm³/mol. The van der Waals surface area contributed by atoms with Crippen LogP contribution in [0.4, 0.5) is 19.2 Å². The Kier molecular flexibility index (Phi) is 4.33. The van der Waals surface area contributed by atoms with Gasteiger partial charge in [-0.25, -0.2) is 0 Å². The number of hydrogen-bond acceptors (Lipinski definition) is 6. The monoisotopic (exact) mass is 424 g/mol. The number of rotatable bonds is 5. The molecule has 1 spiro atoms. The molecule has 2 aromatic rings. The number of piperidine rings is 1. The Morgan fingerprint density at radius 3 is 2.53 bits per heavy atom. The fourth-order valence-corrected chi connectivity index (χ4v) is 4.28. The van der Waals surface area contributed by atoms with Gasteiger partial charge in [0.2, 0.25) is 5.91 Å². The first-order valence-electron chi connectivity index (χ1n) is 10.3. The van der Waals surface area contributed by atoms with Crippen LogP contribution >= 0.6 is 0 Å². The van der Waals surface area contributed by atoms with E-state index in [1.807, 2.05) is 4.90 Å². The Morgan fingerprint density at radius 2 is 1.93 bits per heavy atom. The molecule has 2 aliphatic carbocycles. The van der Waals surface area contributed by atoms with Gasteiger partial charge < -0.3 is 14.6 Å². The van der Waals surface area contributed by atoms with Gasteiger partial charge in [-0.1, -0.05) is 5.10 Å². The number of hydrogen-bond donors (Lipinski definition) is 2. The smallest absolute Gasteiger partial charge is 0.402 e. The van der Waals surface area contributed by atoms with Crippen molar-refractivity contribution in [3.8, 4) is 11.6 Å². The molecule has 3 aliphatic rings. The first kappa shape index (κ1) is 19.4. The summed E-state index contributed by atoms with van der Waals surface area (Å²) in [5, 5.41) is 16.4. The van der Waals surface area contributed by atoms with Gasteiger partial charge in [0.25, 0.3) is 5.89 Å². The lowest BCUT2D eigenvalue weighted by molar-refractivity contribution is -0.141. The van der Waals surface area contributed by atoms with E-state index >= 15 is 0 Å². The van der Waals surface area contributed by atoms with Crippen molar-refractivity contribution in [1.29, 1.82) is 0 Å². The lowest BCUT2D eigenvalue weighted by atomic mass is 9.93. The number of alkyl halides is 3. The topological polar surface area (TPSA) is 99.9 Å². The quantitative estimate of drug-likeness (QED) is 0.761. The molecule has 3 heterocycles. The number of nitrogens with zero attached hydrogens (tertiary/aromatic N) is 4. The lowest BCUT2D eigenvalue weighted by Gasteiger charge is -2.33. The van der Waals surface area contributed by atoms with Crippen LogP contribution < -0.4 is 5.32 Å². The van der Waals surface area contributed by atoms with E-state index in [1.54, 1.807) is 6.92 Å². The van der Waals surface area contributed by atoms with Crippen LogP contribution in [0, 0.1) is 5.41 Å². The molecule has 3 fully saturated rings. The zero-order valence-corrected chi connectivity index (χ0v) is 16.6. The fraction of sp³-hybridized carbons (Fsp3) is 0.684. The molecule has 30 heavy (non-hydrogen) atoms. The summed E-state index contributed by atoms with van der Waals surface area (Å²) < 4.78 is 45.3. The van der Waals surface area contributed by atoms with E-state index in [2.05, 4.69) is 25.7 Å².